The number of amides is 1. The van der Waals surface area contributed by atoms with Crippen molar-refractivity contribution in [1.29, 1.82) is 0 Å². The van der Waals surface area contributed by atoms with Gasteiger partial charge in [-0.25, -0.2) is 4.79 Å². The van der Waals surface area contributed by atoms with E-state index < -0.39 is 5.60 Å². The summed E-state index contributed by atoms with van der Waals surface area (Å²) in [7, 11) is 0. The Labute approximate surface area is 131 Å². The number of nitrogens with one attached hydrogen (secondary N) is 2. The predicted molar refractivity (Wildman–Crippen MR) is 86.5 cm³/mol. The van der Waals surface area contributed by atoms with Gasteiger partial charge < -0.3 is 15.4 Å². The summed E-state index contributed by atoms with van der Waals surface area (Å²) < 4.78 is 5.29. The van der Waals surface area contributed by atoms with E-state index in [0.717, 1.165) is 19.4 Å². The first-order valence-electron chi connectivity index (χ1n) is 7.39. The molecule has 0 atom stereocenters. The van der Waals surface area contributed by atoms with Gasteiger partial charge in [-0.3, -0.25) is 4.98 Å². The molecule has 1 aromatic heterocycles. The van der Waals surface area contributed by atoms with Crippen molar-refractivity contribution in [3.8, 4) is 0 Å². The summed E-state index contributed by atoms with van der Waals surface area (Å²) in [4.78, 5) is 17.1. The molecule has 0 aliphatic heterocycles. The van der Waals surface area contributed by atoms with Crippen molar-refractivity contribution in [1.82, 2.24) is 15.6 Å². The Morgan fingerprint density at radius 2 is 2.00 bits per heavy atom. The molecule has 0 aliphatic rings. The summed E-state index contributed by atoms with van der Waals surface area (Å²) in [5.41, 5.74) is 1.23. The van der Waals surface area contributed by atoms with Crippen molar-refractivity contribution in [2.75, 3.05) is 6.54 Å². The van der Waals surface area contributed by atoms with Crippen molar-refractivity contribution >= 4 is 17.4 Å². The van der Waals surface area contributed by atoms with Gasteiger partial charge in [-0.15, -0.1) is 11.3 Å². The molecule has 0 saturated carbocycles. The number of carbonyl (C=O) groups is 1. The van der Waals surface area contributed by atoms with Crippen LogP contribution in [0.25, 0.3) is 0 Å². The van der Waals surface area contributed by atoms with Gasteiger partial charge in [-0.2, -0.15) is 0 Å². The highest BCUT2D eigenvalue weighted by molar-refractivity contribution is 7.09. The maximum Gasteiger partial charge on any atom is 0.407 e. The van der Waals surface area contributed by atoms with Gasteiger partial charge in [0.25, 0.3) is 0 Å². The van der Waals surface area contributed by atoms with Gasteiger partial charge in [0.05, 0.1) is 5.51 Å². The quantitative estimate of drug-likeness (QED) is 0.810. The number of aromatic nitrogens is 1. The molecule has 0 aliphatic carbocycles. The number of rotatable bonds is 7. The van der Waals surface area contributed by atoms with Crippen LogP contribution in [-0.4, -0.2) is 28.8 Å². The van der Waals surface area contributed by atoms with Crippen LogP contribution in [0, 0.1) is 0 Å². The van der Waals surface area contributed by atoms with Gasteiger partial charge in [0.2, 0.25) is 0 Å². The maximum atomic E-state index is 11.8. The van der Waals surface area contributed by atoms with E-state index >= 15 is 0 Å². The van der Waals surface area contributed by atoms with Crippen LogP contribution < -0.4 is 10.6 Å². The molecule has 0 saturated heterocycles. The number of carbonyl (C=O) groups excluding carboxylic acids is 1. The van der Waals surface area contributed by atoms with Crippen LogP contribution in [-0.2, 0) is 11.3 Å². The lowest BCUT2D eigenvalue weighted by atomic mass is 9.92. The second-order valence-electron chi connectivity index (χ2n) is 6.16. The lowest BCUT2D eigenvalue weighted by Gasteiger charge is -2.33. The average molecular weight is 313 g/mol. The number of hydrogen-bond acceptors (Lipinski definition) is 5. The molecule has 2 N–H and O–H groups in total. The van der Waals surface area contributed by atoms with Crippen molar-refractivity contribution < 1.29 is 9.53 Å². The molecule has 0 fully saturated rings. The minimum absolute atomic E-state index is 0.124. The Morgan fingerprint density at radius 1 is 1.33 bits per heavy atom. The molecule has 5 nitrogen and oxygen atoms in total. The number of hydrogen-bond donors (Lipinski definition) is 2. The van der Waals surface area contributed by atoms with Crippen LogP contribution in [0.4, 0.5) is 4.79 Å². The molecule has 6 heteroatoms. The van der Waals surface area contributed by atoms with Crippen LogP contribution in [0.3, 0.4) is 0 Å². The predicted octanol–water partition coefficient (Wildman–Crippen LogP) is 3.32. The number of alkyl carbamates (subject to hydrolysis) is 1. The smallest absolute Gasteiger partial charge is 0.407 e. The molecule has 1 aromatic rings. The Morgan fingerprint density at radius 3 is 2.48 bits per heavy atom. The zero-order valence-corrected chi connectivity index (χ0v) is 14.5. The molecule has 21 heavy (non-hydrogen) atoms. The van der Waals surface area contributed by atoms with Crippen molar-refractivity contribution in [3.63, 3.8) is 0 Å². The Bertz CT molecular complexity index is 423. The highest BCUT2D eigenvalue weighted by atomic mass is 32.1. The van der Waals surface area contributed by atoms with Gasteiger partial charge in [0.15, 0.2) is 0 Å². The van der Waals surface area contributed by atoms with Crippen molar-refractivity contribution in [2.24, 2.45) is 0 Å². The van der Waals surface area contributed by atoms with E-state index in [9.17, 15) is 4.79 Å². The van der Waals surface area contributed by atoms with E-state index in [4.69, 9.17) is 4.74 Å². The second kappa shape index (κ2) is 7.75. The lowest BCUT2D eigenvalue weighted by molar-refractivity contribution is 0.0507. The van der Waals surface area contributed by atoms with Gasteiger partial charge in [0, 0.05) is 29.7 Å². The highest BCUT2D eigenvalue weighted by Crippen LogP contribution is 2.17. The van der Waals surface area contributed by atoms with E-state index in [-0.39, 0.29) is 11.6 Å². The van der Waals surface area contributed by atoms with E-state index in [1.165, 1.54) is 4.88 Å². The molecule has 1 amide bonds. The van der Waals surface area contributed by atoms with Crippen LogP contribution in [0.2, 0.25) is 0 Å². The first-order valence-corrected chi connectivity index (χ1v) is 8.27. The minimum atomic E-state index is -0.471. The normalized spacial score (nSPS) is 12.2. The summed E-state index contributed by atoms with van der Waals surface area (Å²) in [6.45, 7) is 11.2. The Balaban J connectivity index is 2.53. The maximum absolute atomic E-state index is 11.8. The van der Waals surface area contributed by atoms with Gasteiger partial charge in [0.1, 0.15) is 5.60 Å². The molecule has 0 radical (unpaired) electrons. The van der Waals surface area contributed by atoms with Crippen LogP contribution in [0.15, 0.2) is 11.7 Å². The molecule has 1 heterocycles. The number of ether oxygens (including phenoxy) is 1. The molecular formula is C15H27N3O2S. The summed E-state index contributed by atoms with van der Waals surface area (Å²) >= 11 is 1.63. The third-order valence-electron chi connectivity index (χ3n) is 3.44. The van der Waals surface area contributed by atoms with Gasteiger partial charge in [-0.05, 0) is 33.6 Å². The summed E-state index contributed by atoms with van der Waals surface area (Å²) in [6, 6.07) is 0. The summed E-state index contributed by atoms with van der Waals surface area (Å²) in [5.74, 6) is 0. The van der Waals surface area contributed by atoms with E-state index in [0.29, 0.717) is 6.54 Å². The Hall–Kier alpha value is -1.14. The molecule has 120 valence electrons. The standard InChI is InChI=1S/C15H27N3O2S/c1-6-15(7-2,18-9-12-8-16-11-21-12)10-17-13(19)20-14(3,4)5/h8,11,18H,6-7,9-10H2,1-5H3,(H,17,19). The third kappa shape index (κ3) is 6.44. The van der Waals surface area contributed by atoms with E-state index in [2.05, 4.69) is 29.5 Å². The fourth-order valence-electron chi connectivity index (χ4n) is 1.97. The largest absolute Gasteiger partial charge is 0.444 e. The van der Waals surface area contributed by atoms with E-state index in [1.807, 2.05) is 32.5 Å². The van der Waals surface area contributed by atoms with E-state index in [1.54, 1.807) is 11.3 Å². The fourth-order valence-corrected chi connectivity index (χ4v) is 2.51. The number of nitrogens with zero attached hydrogens (tertiary/aromatic N) is 1. The Kier molecular flexibility index (Phi) is 6.61. The molecule has 0 unspecified atom stereocenters. The fraction of sp³-hybridized carbons (Fsp3) is 0.733. The topological polar surface area (TPSA) is 63.2 Å². The van der Waals surface area contributed by atoms with Crippen molar-refractivity contribution in [2.45, 2.75) is 65.1 Å². The molecule has 1 rings (SSSR count). The second-order valence-corrected chi connectivity index (χ2v) is 7.14. The zero-order chi connectivity index (χ0) is 15.9. The lowest BCUT2D eigenvalue weighted by Crippen LogP contribution is -2.53. The number of thiazole rings is 1. The van der Waals surface area contributed by atoms with Gasteiger partial charge >= 0.3 is 6.09 Å². The summed E-state index contributed by atoms with van der Waals surface area (Å²) in [6.07, 6.45) is 3.36. The first kappa shape index (κ1) is 17.9. The average Bonchev–Trinajstić information content (AvgIpc) is 2.91. The molecular weight excluding hydrogens is 286 g/mol. The molecule has 0 bridgehead atoms. The van der Waals surface area contributed by atoms with Gasteiger partial charge in [-0.1, -0.05) is 13.8 Å². The van der Waals surface area contributed by atoms with Crippen molar-refractivity contribution in [3.05, 3.63) is 16.6 Å². The highest BCUT2D eigenvalue weighted by Gasteiger charge is 2.27. The van der Waals surface area contributed by atoms with Crippen LogP contribution in [0.5, 0.6) is 0 Å². The molecule has 0 aromatic carbocycles. The van der Waals surface area contributed by atoms with Crippen LogP contribution >= 0.6 is 11.3 Å². The summed E-state index contributed by atoms with van der Waals surface area (Å²) in [5, 5.41) is 6.43. The van der Waals surface area contributed by atoms with Crippen LogP contribution in [0.1, 0.15) is 52.3 Å². The SMILES string of the molecule is CCC(CC)(CNC(=O)OC(C)(C)C)NCc1cncs1. The monoisotopic (exact) mass is 313 g/mol. The third-order valence-corrected chi connectivity index (χ3v) is 4.22. The first-order chi connectivity index (χ1) is 9.80. The zero-order valence-electron chi connectivity index (χ0n) is 13.7. The molecule has 0 spiro atoms. The minimum Gasteiger partial charge on any atom is -0.444 e.